The number of halogens is 2. The molecule has 0 bridgehead atoms. The molecule has 1 aromatic carbocycles. The van der Waals surface area contributed by atoms with Gasteiger partial charge in [-0.05, 0) is 17.7 Å². The number of aromatic nitrogens is 2. The highest BCUT2D eigenvalue weighted by Gasteiger charge is 2.24. The molecule has 1 aliphatic rings. The topological polar surface area (TPSA) is 72.9 Å². The van der Waals surface area contributed by atoms with Crippen molar-refractivity contribution in [1.29, 1.82) is 0 Å². The number of carbonyl (C=O) groups is 1. The fourth-order valence-corrected chi connectivity index (χ4v) is 2.50. The third-order valence-electron chi connectivity index (χ3n) is 3.69. The lowest BCUT2D eigenvalue weighted by Gasteiger charge is -2.06. The van der Waals surface area contributed by atoms with Gasteiger partial charge in [-0.3, -0.25) is 9.48 Å². The van der Waals surface area contributed by atoms with Crippen molar-refractivity contribution in [2.24, 2.45) is 5.73 Å². The molecule has 3 rings (SSSR count). The number of rotatable bonds is 4. The molecule has 0 saturated carbocycles. The van der Waals surface area contributed by atoms with Crippen molar-refractivity contribution in [2.45, 2.75) is 32.2 Å². The second-order valence-corrected chi connectivity index (χ2v) is 5.32. The minimum Gasteiger partial charge on any atom is -0.346 e. The van der Waals surface area contributed by atoms with Gasteiger partial charge in [0, 0.05) is 30.8 Å². The molecule has 0 spiro atoms. The van der Waals surface area contributed by atoms with Gasteiger partial charge in [-0.25, -0.2) is 8.78 Å². The molecule has 7 heteroatoms. The van der Waals surface area contributed by atoms with E-state index in [1.54, 1.807) is 18.2 Å². The monoisotopic (exact) mass is 306 g/mol. The zero-order chi connectivity index (χ0) is 15.7. The van der Waals surface area contributed by atoms with Crippen molar-refractivity contribution in [3.05, 3.63) is 52.6 Å². The average molecular weight is 306 g/mol. The summed E-state index contributed by atoms with van der Waals surface area (Å²) in [6.45, 7) is 0.501. The summed E-state index contributed by atoms with van der Waals surface area (Å²) in [7, 11) is 0. The van der Waals surface area contributed by atoms with Crippen LogP contribution in [0.3, 0.4) is 0 Å². The number of hydrogen-bond acceptors (Lipinski definition) is 3. The fraction of sp³-hybridized carbons (Fsp3) is 0.333. The van der Waals surface area contributed by atoms with Gasteiger partial charge >= 0.3 is 0 Å². The van der Waals surface area contributed by atoms with Gasteiger partial charge < -0.3 is 11.1 Å². The number of nitrogens with one attached hydrogen (secondary N) is 1. The van der Waals surface area contributed by atoms with E-state index in [0.29, 0.717) is 16.8 Å². The molecule has 3 N–H and O–H groups in total. The number of fused-ring (bicyclic) bond motifs is 1. The number of benzene rings is 1. The fourth-order valence-electron chi connectivity index (χ4n) is 2.50. The van der Waals surface area contributed by atoms with Crippen molar-refractivity contribution >= 4 is 5.91 Å². The second-order valence-electron chi connectivity index (χ2n) is 5.32. The molecule has 2 heterocycles. The summed E-state index contributed by atoms with van der Waals surface area (Å²) in [6.07, 6.45) is -0.662. The Hall–Kier alpha value is -2.28. The Balaban J connectivity index is 1.64. The van der Waals surface area contributed by atoms with E-state index < -0.39 is 17.9 Å². The molecule has 5 nitrogen and oxygen atoms in total. The maximum absolute atomic E-state index is 13.8. The van der Waals surface area contributed by atoms with E-state index in [2.05, 4.69) is 10.4 Å². The predicted octanol–water partition coefficient (Wildman–Crippen LogP) is 1.31. The van der Waals surface area contributed by atoms with Crippen LogP contribution in [0.5, 0.6) is 0 Å². The van der Waals surface area contributed by atoms with E-state index in [1.807, 2.05) is 0 Å². The molecule has 1 amide bonds. The van der Waals surface area contributed by atoms with Gasteiger partial charge in [0.1, 0.15) is 17.7 Å². The van der Waals surface area contributed by atoms with Crippen LogP contribution < -0.4 is 11.1 Å². The number of nitrogens with two attached hydrogens (primary N) is 1. The van der Waals surface area contributed by atoms with Gasteiger partial charge in [0.15, 0.2) is 0 Å². The van der Waals surface area contributed by atoms with Gasteiger partial charge in [0.25, 0.3) is 5.91 Å². The Kier molecular flexibility index (Phi) is 3.89. The molecular weight excluding hydrogens is 290 g/mol. The first kappa shape index (κ1) is 14.6. The van der Waals surface area contributed by atoms with Crippen LogP contribution in [0.2, 0.25) is 0 Å². The van der Waals surface area contributed by atoms with Crippen LogP contribution in [0.15, 0.2) is 24.3 Å². The summed E-state index contributed by atoms with van der Waals surface area (Å²) in [4.78, 5) is 12.0. The lowest BCUT2D eigenvalue weighted by atomic mass is 10.1. The first-order chi connectivity index (χ1) is 10.6. The lowest BCUT2D eigenvalue weighted by molar-refractivity contribution is 0.0944. The summed E-state index contributed by atoms with van der Waals surface area (Å²) >= 11 is 0. The van der Waals surface area contributed by atoms with E-state index in [1.165, 1.54) is 10.7 Å². The van der Waals surface area contributed by atoms with Crippen molar-refractivity contribution in [3.63, 3.8) is 0 Å². The third-order valence-corrected chi connectivity index (χ3v) is 3.69. The number of alkyl halides is 1. The van der Waals surface area contributed by atoms with Crippen LogP contribution in [0.25, 0.3) is 0 Å². The largest absolute Gasteiger partial charge is 0.346 e. The van der Waals surface area contributed by atoms with E-state index in [9.17, 15) is 13.6 Å². The van der Waals surface area contributed by atoms with E-state index in [-0.39, 0.29) is 31.7 Å². The second kappa shape index (κ2) is 5.84. The minimum absolute atomic E-state index is 0.0590. The SMILES string of the molecule is NCc1ccc(CNC(=O)c2cc3n(n2)CC(F)C3)c(F)c1. The number of hydrogen-bond donors (Lipinski definition) is 2. The molecule has 1 unspecified atom stereocenters. The summed E-state index contributed by atoms with van der Waals surface area (Å²) in [6, 6.07) is 6.24. The zero-order valence-electron chi connectivity index (χ0n) is 11.9. The molecule has 0 fully saturated rings. The van der Waals surface area contributed by atoms with Crippen LogP contribution in [-0.2, 0) is 26.1 Å². The average Bonchev–Trinajstić information content (AvgIpc) is 3.02. The molecule has 22 heavy (non-hydrogen) atoms. The minimum atomic E-state index is -0.935. The maximum Gasteiger partial charge on any atom is 0.272 e. The molecule has 116 valence electrons. The van der Waals surface area contributed by atoms with Crippen LogP contribution in [-0.4, -0.2) is 21.9 Å². The Morgan fingerprint density at radius 3 is 2.95 bits per heavy atom. The van der Waals surface area contributed by atoms with Crippen LogP contribution in [0.1, 0.15) is 27.3 Å². The maximum atomic E-state index is 13.8. The Bertz CT molecular complexity index is 690. The van der Waals surface area contributed by atoms with Gasteiger partial charge in [-0.1, -0.05) is 12.1 Å². The van der Waals surface area contributed by atoms with Gasteiger partial charge in [0.05, 0.1) is 6.54 Å². The zero-order valence-corrected chi connectivity index (χ0v) is 11.9. The standard InChI is InChI=1S/C15H16F2N4O/c16-11-4-12-5-14(20-21(12)8-11)15(22)19-7-10-2-1-9(6-18)3-13(10)17/h1-3,5,11H,4,6-8,18H2,(H,19,22). The summed E-state index contributed by atoms with van der Waals surface area (Å²) < 4.78 is 28.4. The highest BCUT2D eigenvalue weighted by atomic mass is 19.1. The summed E-state index contributed by atoms with van der Waals surface area (Å²) in [5.41, 5.74) is 7.44. The van der Waals surface area contributed by atoms with Crippen molar-refractivity contribution in [3.8, 4) is 0 Å². The van der Waals surface area contributed by atoms with Crippen molar-refractivity contribution in [1.82, 2.24) is 15.1 Å². The van der Waals surface area contributed by atoms with Crippen LogP contribution >= 0.6 is 0 Å². The molecule has 0 radical (unpaired) electrons. The van der Waals surface area contributed by atoms with Crippen molar-refractivity contribution in [2.75, 3.05) is 0 Å². The normalized spacial score (nSPS) is 16.6. The number of carbonyl (C=O) groups excluding carboxylic acids is 1. The molecular formula is C15H16F2N4O. The lowest BCUT2D eigenvalue weighted by Crippen LogP contribution is -2.24. The van der Waals surface area contributed by atoms with Gasteiger partial charge in [-0.2, -0.15) is 5.10 Å². The predicted molar refractivity (Wildman–Crippen MR) is 76.3 cm³/mol. The molecule has 0 saturated heterocycles. The highest BCUT2D eigenvalue weighted by Crippen LogP contribution is 2.18. The van der Waals surface area contributed by atoms with E-state index in [4.69, 9.17) is 5.73 Å². The van der Waals surface area contributed by atoms with Crippen LogP contribution in [0, 0.1) is 5.82 Å². The Labute approximate surface area is 126 Å². The summed E-state index contributed by atoms with van der Waals surface area (Å²) in [5, 5.41) is 6.67. The molecule has 1 aliphatic heterocycles. The first-order valence-electron chi connectivity index (χ1n) is 7.03. The van der Waals surface area contributed by atoms with Gasteiger partial charge in [0.2, 0.25) is 0 Å². The smallest absolute Gasteiger partial charge is 0.272 e. The summed E-state index contributed by atoms with van der Waals surface area (Å²) in [5.74, 6) is -0.810. The molecule has 1 atom stereocenters. The Morgan fingerprint density at radius 2 is 2.27 bits per heavy atom. The molecule has 1 aromatic heterocycles. The highest BCUT2D eigenvalue weighted by molar-refractivity contribution is 5.92. The van der Waals surface area contributed by atoms with Crippen LogP contribution in [0.4, 0.5) is 8.78 Å². The third kappa shape index (κ3) is 2.85. The molecule has 0 aliphatic carbocycles. The van der Waals surface area contributed by atoms with E-state index in [0.717, 1.165) is 0 Å². The van der Waals surface area contributed by atoms with Crippen molar-refractivity contribution < 1.29 is 13.6 Å². The van der Waals surface area contributed by atoms with Gasteiger partial charge in [-0.15, -0.1) is 0 Å². The quantitative estimate of drug-likeness (QED) is 0.894. The number of nitrogens with zero attached hydrogens (tertiary/aromatic N) is 2. The number of amides is 1. The first-order valence-corrected chi connectivity index (χ1v) is 7.03. The Morgan fingerprint density at radius 1 is 1.45 bits per heavy atom. The van der Waals surface area contributed by atoms with E-state index >= 15 is 0 Å². The molecule has 2 aromatic rings.